The molecule has 3 N–H and O–H groups in total. The predicted octanol–water partition coefficient (Wildman–Crippen LogP) is 2.60. The summed E-state index contributed by atoms with van der Waals surface area (Å²) in [7, 11) is 0. The minimum atomic E-state index is -0.414. The maximum atomic E-state index is 13.6. The molecule has 0 radical (unpaired) electrons. The zero-order valence-corrected chi connectivity index (χ0v) is 14.4. The summed E-state index contributed by atoms with van der Waals surface area (Å²) in [5.74, 6) is -0.628. The first-order chi connectivity index (χ1) is 12.1. The number of carbonyl (C=O) groups excluding carboxylic acids is 1. The molecule has 5 nitrogen and oxygen atoms in total. The fraction of sp³-hybridized carbons (Fsp3) is 0.222. The monoisotopic (exact) mass is 358 g/mol. The van der Waals surface area contributed by atoms with E-state index in [2.05, 4.69) is 22.2 Å². The highest BCUT2D eigenvalue weighted by atomic mass is 32.1. The number of hydrazine groups is 1. The topological polar surface area (TPSA) is 56.4 Å². The lowest BCUT2D eigenvalue weighted by atomic mass is 10.0. The number of nitrogens with one attached hydrogen (secondary N) is 3. The molecule has 130 valence electrons. The van der Waals surface area contributed by atoms with Crippen molar-refractivity contribution >= 4 is 34.6 Å². The fourth-order valence-corrected chi connectivity index (χ4v) is 2.99. The smallest absolute Gasteiger partial charge is 0.257 e. The molecule has 2 aromatic rings. The number of hydrogen-bond donors (Lipinski definition) is 3. The second-order valence-corrected chi connectivity index (χ2v) is 6.17. The van der Waals surface area contributed by atoms with Gasteiger partial charge in [0.15, 0.2) is 5.11 Å². The molecule has 1 heterocycles. The van der Waals surface area contributed by atoms with Gasteiger partial charge in [0, 0.05) is 12.2 Å². The Bertz CT molecular complexity index is 783. The predicted molar refractivity (Wildman–Crippen MR) is 101 cm³/mol. The third-order valence-corrected chi connectivity index (χ3v) is 4.18. The lowest BCUT2D eigenvalue weighted by Crippen LogP contribution is -2.48. The summed E-state index contributed by atoms with van der Waals surface area (Å²) in [5, 5.41) is 2.82. The lowest BCUT2D eigenvalue weighted by molar-refractivity contribution is -0.120. The van der Waals surface area contributed by atoms with E-state index in [0.29, 0.717) is 0 Å². The molecular formula is C18H19FN4OS. The molecule has 0 saturated heterocycles. The number of rotatable bonds is 3. The molecule has 3 rings (SSSR count). The van der Waals surface area contributed by atoms with Crippen molar-refractivity contribution < 1.29 is 9.18 Å². The fourth-order valence-electron chi connectivity index (χ4n) is 2.83. The normalized spacial score (nSPS) is 12.9. The van der Waals surface area contributed by atoms with Gasteiger partial charge in [-0.3, -0.25) is 15.6 Å². The Balaban J connectivity index is 1.50. The Morgan fingerprint density at radius 3 is 2.72 bits per heavy atom. The van der Waals surface area contributed by atoms with Crippen molar-refractivity contribution in [3.8, 4) is 0 Å². The van der Waals surface area contributed by atoms with Gasteiger partial charge >= 0.3 is 0 Å². The van der Waals surface area contributed by atoms with Gasteiger partial charge < -0.3 is 10.2 Å². The molecule has 0 aliphatic carbocycles. The van der Waals surface area contributed by atoms with E-state index in [-0.39, 0.29) is 23.3 Å². The van der Waals surface area contributed by atoms with E-state index in [1.54, 1.807) is 18.2 Å². The quantitative estimate of drug-likeness (QED) is 0.582. The Kier molecular flexibility index (Phi) is 5.45. The van der Waals surface area contributed by atoms with E-state index in [4.69, 9.17) is 12.2 Å². The number of amides is 1. The average Bonchev–Trinajstić information content (AvgIpc) is 2.62. The summed E-state index contributed by atoms with van der Waals surface area (Å²) >= 11 is 5.06. The van der Waals surface area contributed by atoms with E-state index >= 15 is 0 Å². The summed E-state index contributed by atoms with van der Waals surface area (Å²) in [4.78, 5) is 14.2. The molecule has 0 aromatic heterocycles. The molecule has 0 bridgehead atoms. The number of carbonyl (C=O) groups is 1. The van der Waals surface area contributed by atoms with Crippen molar-refractivity contribution in [3.05, 3.63) is 59.9 Å². The number of aryl methyl sites for hydroxylation is 1. The van der Waals surface area contributed by atoms with E-state index < -0.39 is 5.82 Å². The molecule has 0 saturated carbocycles. The highest BCUT2D eigenvalue weighted by Gasteiger charge is 2.18. The van der Waals surface area contributed by atoms with Gasteiger partial charge in [-0.05, 0) is 48.8 Å². The first kappa shape index (κ1) is 17.2. The first-order valence-corrected chi connectivity index (χ1v) is 8.47. The van der Waals surface area contributed by atoms with Crippen LogP contribution in [0.3, 0.4) is 0 Å². The van der Waals surface area contributed by atoms with Gasteiger partial charge in [-0.2, -0.15) is 0 Å². The molecular weight excluding hydrogens is 339 g/mol. The Morgan fingerprint density at radius 2 is 1.88 bits per heavy atom. The first-order valence-electron chi connectivity index (χ1n) is 8.07. The number of benzene rings is 2. The Hall–Kier alpha value is -2.67. The number of para-hydroxylation sites is 2. The zero-order chi connectivity index (χ0) is 17.6. The number of fused-ring (bicyclic) bond motifs is 1. The van der Waals surface area contributed by atoms with Gasteiger partial charge in [-0.25, -0.2) is 4.39 Å². The summed E-state index contributed by atoms with van der Waals surface area (Å²) in [5.41, 5.74) is 7.74. The third kappa shape index (κ3) is 4.45. The van der Waals surface area contributed by atoms with Crippen LogP contribution in [0.15, 0.2) is 48.5 Å². The molecule has 0 atom stereocenters. The molecule has 0 fully saturated rings. The second-order valence-electron chi connectivity index (χ2n) is 5.76. The van der Waals surface area contributed by atoms with Gasteiger partial charge in [0.05, 0.1) is 12.2 Å². The van der Waals surface area contributed by atoms with Crippen molar-refractivity contribution in [2.75, 3.05) is 23.3 Å². The minimum Gasteiger partial charge on any atom is -0.362 e. The Labute approximate surface area is 151 Å². The molecule has 0 spiro atoms. The number of anilines is 2. The Morgan fingerprint density at radius 1 is 1.12 bits per heavy atom. The van der Waals surface area contributed by atoms with Gasteiger partial charge in [-0.1, -0.05) is 30.3 Å². The zero-order valence-electron chi connectivity index (χ0n) is 13.6. The van der Waals surface area contributed by atoms with E-state index in [9.17, 15) is 9.18 Å². The average molecular weight is 358 g/mol. The van der Waals surface area contributed by atoms with Crippen molar-refractivity contribution in [3.63, 3.8) is 0 Å². The van der Waals surface area contributed by atoms with Crippen LogP contribution in [0.2, 0.25) is 0 Å². The molecule has 7 heteroatoms. The second kappa shape index (κ2) is 7.94. The van der Waals surface area contributed by atoms with Crippen molar-refractivity contribution in [2.24, 2.45) is 0 Å². The van der Waals surface area contributed by atoms with Gasteiger partial charge in [-0.15, -0.1) is 0 Å². The van der Waals surface area contributed by atoms with Crippen molar-refractivity contribution in [1.29, 1.82) is 0 Å². The van der Waals surface area contributed by atoms with Crippen LogP contribution in [-0.2, 0) is 11.2 Å². The molecule has 1 aliphatic rings. The summed E-state index contributed by atoms with van der Waals surface area (Å²) in [6.07, 6.45) is 2.05. The van der Waals surface area contributed by atoms with Gasteiger partial charge in [0.25, 0.3) is 5.91 Å². The maximum absolute atomic E-state index is 13.6. The lowest BCUT2D eigenvalue weighted by Gasteiger charge is -2.30. The van der Waals surface area contributed by atoms with Crippen molar-refractivity contribution in [2.45, 2.75) is 12.8 Å². The third-order valence-electron chi connectivity index (χ3n) is 3.98. The minimum absolute atomic E-state index is 0.123. The van der Waals surface area contributed by atoms with Crippen LogP contribution >= 0.6 is 12.2 Å². The summed E-state index contributed by atoms with van der Waals surface area (Å²) in [6.45, 7) is 1.06. The molecule has 1 aliphatic heterocycles. The summed E-state index contributed by atoms with van der Waals surface area (Å²) < 4.78 is 13.6. The van der Waals surface area contributed by atoms with Crippen LogP contribution in [0.5, 0.6) is 0 Å². The highest BCUT2D eigenvalue weighted by Crippen LogP contribution is 2.26. The van der Waals surface area contributed by atoms with Crippen LogP contribution in [0.4, 0.5) is 15.8 Å². The number of thiocarbonyl (C=S) groups is 1. The van der Waals surface area contributed by atoms with Gasteiger partial charge in [0.2, 0.25) is 0 Å². The largest absolute Gasteiger partial charge is 0.362 e. The molecule has 1 amide bonds. The summed E-state index contributed by atoms with van der Waals surface area (Å²) in [6, 6.07) is 14.3. The molecule has 25 heavy (non-hydrogen) atoms. The van der Waals surface area contributed by atoms with Crippen LogP contribution in [0, 0.1) is 5.82 Å². The number of halogens is 1. The van der Waals surface area contributed by atoms with Crippen LogP contribution in [0.25, 0.3) is 0 Å². The van der Waals surface area contributed by atoms with Crippen LogP contribution in [-0.4, -0.2) is 24.1 Å². The van der Waals surface area contributed by atoms with E-state index in [0.717, 1.165) is 25.1 Å². The van der Waals surface area contributed by atoms with E-state index in [1.165, 1.54) is 11.6 Å². The standard InChI is InChI=1S/C18H19FN4OS/c19-14-8-2-3-9-15(14)20-18(25)22-21-17(24)12-23-11-5-7-13-6-1-4-10-16(13)23/h1-4,6,8-10H,5,7,11-12H2,(H,21,24)(H2,20,22,25). The van der Waals surface area contributed by atoms with Crippen LogP contribution < -0.4 is 21.1 Å². The molecule has 2 aromatic carbocycles. The maximum Gasteiger partial charge on any atom is 0.257 e. The molecule has 0 unspecified atom stereocenters. The van der Waals surface area contributed by atoms with Crippen molar-refractivity contribution in [1.82, 2.24) is 10.9 Å². The van der Waals surface area contributed by atoms with Crippen LogP contribution in [0.1, 0.15) is 12.0 Å². The van der Waals surface area contributed by atoms with Gasteiger partial charge in [0.1, 0.15) is 5.82 Å². The van der Waals surface area contributed by atoms with E-state index in [1.807, 2.05) is 23.1 Å². The number of nitrogens with zero attached hydrogens (tertiary/aromatic N) is 1. The highest BCUT2D eigenvalue weighted by molar-refractivity contribution is 7.80. The SMILES string of the molecule is O=C(CN1CCCc2ccccc21)NNC(=S)Nc1ccccc1F. The number of hydrogen-bond acceptors (Lipinski definition) is 3.